The number of carbonyl (C=O) groups is 1. The topological polar surface area (TPSA) is 65.9 Å². The van der Waals surface area contributed by atoms with E-state index >= 15 is 0 Å². The van der Waals surface area contributed by atoms with E-state index in [0.717, 1.165) is 5.56 Å². The van der Waals surface area contributed by atoms with Crippen molar-refractivity contribution in [3.05, 3.63) is 83.6 Å². The van der Waals surface area contributed by atoms with Crippen LogP contribution in [-0.4, -0.2) is 64.7 Å². The molecule has 36 heavy (non-hydrogen) atoms. The van der Waals surface area contributed by atoms with Crippen LogP contribution in [0.25, 0.3) is 11.1 Å². The standard InChI is InChI=1S/C28H31F2N3O3/c1-18-14-33(19(2)17-34)28(35)25-12-22(21-7-5-9-24(30)11-21)13-31-27(25)36-26(18)16-32(3)15-20-6-4-8-23(29)10-20/h4-13,18-19,26,34H,14-17H2,1-3H3/t18-,19+,26+/m1/s1. The SMILES string of the molecule is C[C@@H]1CN([C@@H](C)CO)C(=O)c2cc(-c3cccc(F)c3)cnc2O[C@H]1CN(C)Cc1cccc(F)c1. The highest BCUT2D eigenvalue weighted by Gasteiger charge is 2.34. The Morgan fingerprint density at radius 1 is 1.14 bits per heavy atom. The molecule has 0 unspecified atom stereocenters. The number of ether oxygens (including phenoxy) is 1. The van der Waals surface area contributed by atoms with Crippen molar-refractivity contribution in [1.29, 1.82) is 0 Å². The van der Waals surface area contributed by atoms with Crippen molar-refractivity contribution in [2.75, 3.05) is 26.7 Å². The van der Waals surface area contributed by atoms with Crippen molar-refractivity contribution >= 4 is 5.91 Å². The number of benzene rings is 2. The van der Waals surface area contributed by atoms with Crippen LogP contribution in [0.2, 0.25) is 0 Å². The monoisotopic (exact) mass is 495 g/mol. The molecule has 0 saturated heterocycles. The molecule has 1 aromatic heterocycles. The molecule has 6 nitrogen and oxygen atoms in total. The number of likely N-dealkylation sites (N-methyl/N-ethyl adjacent to an activating group) is 1. The molecule has 1 N–H and O–H groups in total. The van der Waals surface area contributed by atoms with Crippen molar-refractivity contribution < 1.29 is 23.4 Å². The summed E-state index contributed by atoms with van der Waals surface area (Å²) >= 11 is 0. The smallest absolute Gasteiger partial charge is 0.259 e. The number of nitrogens with zero attached hydrogens (tertiary/aromatic N) is 3. The van der Waals surface area contributed by atoms with Gasteiger partial charge in [0.25, 0.3) is 5.91 Å². The maximum Gasteiger partial charge on any atom is 0.259 e. The molecular formula is C28H31F2N3O3. The average molecular weight is 496 g/mol. The maximum atomic E-state index is 13.8. The Kier molecular flexibility index (Phi) is 7.96. The average Bonchev–Trinajstić information content (AvgIpc) is 2.85. The van der Waals surface area contributed by atoms with Gasteiger partial charge in [-0.1, -0.05) is 31.2 Å². The number of aliphatic hydroxyl groups is 1. The van der Waals surface area contributed by atoms with Crippen LogP contribution in [0.3, 0.4) is 0 Å². The van der Waals surface area contributed by atoms with Crippen molar-refractivity contribution in [2.45, 2.75) is 32.5 Å². The second kappa shape index (κ2) is 11.1. The van der Waals surface area contributed by atoms with E-state index in [1.54, 1.807) is 42.3 Å². The quantitative estimate of drug-likeness (QED) is 0.527. The van der Waals surface area contributed by atoms with Crippen LogP contribution in [0.4, 0.5) is 8.78 Å². The van der Waals surface area contributed by atoms with E-state index in [0.29, 0.717) is 30.8 Å². The summed E-state index contributed by atoms with van der Waals surface area (Å²) in [5.74, 6) is -0.833. The first-order chi connectivity index (χ1) is 17.2. The first kappa shape index (κ1) is 25.7. The number of carbonyl (C=O) groups excluding carboxylic acids is 1. The van der Waals surface area contributed by atoms with Gasteiger partial charge in [0.2, 0.25) is 5.88 Å². The summed E-state index contributed by atoms with van der Waals surface area (Å²) in [5, 5.41) is 9.84. The minimum Gasteiger partial charge on any atom is -0.472 e. The third-order valence-corrected chi connectivity index (χ3v) is 6.51. The largest absolute Gasteiger partial charge is 0.472 e. The molecule has 1 aliphatic heterocycles. The predicted molar refractivity (Wildman–Crippen MR) is 134 cm³/mol. The molecule has 0 saturated carbocycles. The summed E-state index contributed by atoms with van der Waals surface area (Å²) in [5.41, 5.74) is 2.30. The summed E-state index contributed by atoms with van der Waals surface area (Å²) in [6.07, 6.45) is 1.25. The molecule has 1 aliphatic rings. The number of fused-ring (bicyclic) bond motifs is 1. The van der Waals surface area contributed by atoms with E-state index in [2.05, 4.69) is 4.98 Å². The van der Waals surface area contributed by atoms with Gasteiger partial charge in [0.05, 0.1) is 12.6 Å². The molecule has 8 heteroatoms. The fourth-order valence-corrected chi connectivity index (χ4v) is 4.46. The summed E-state index contributed by atoms with van der Waals surface area (Å²) in [7, 11) is 1.93. The number of hydrogen-bond acceptors (Lipinski definition) is 5. The lowest BCUT2D eigenvalue weighted by Crippen LogP contribution is -2.49. The van der Waals surface area contributed by atoms with Gasteiger partial charge in [-0.25, -0.2) is 13.8 Å². The number of amides is 1. The Hall–Kier alpha value is -3.36. The van der Waals surface area contributed by atoms with E-state index in [1.165, 1.54) is 24.3 Å². The van der Waals surface area contributed by atoms with E-state index in [4.69, 9.17) is 4.74 Å². The van der Waals surface area contributed by atoms with Gasteiger partial charge in [0.15, 0.2) is 0 Å². The fraction of sp³-hybridized carbons (Fsp3) is 0.357. The molecule has 0 bridgehead atoms. The normalized spacial score (nSPS) is 18.9. The highest BCUT2D eigenvalue weighted by atomic mass is 19.1. The summed E-state index contributed by atoms with van der Waals surface area (Å²) in [6, 6.07) is 13.8. The third kappa shape index (κ3) is 5.88. The highest BCUT2D eigenvalue weighted by Crippen LogP contribution is 2.30. The number of halogens is 2. The first-order valence-electron chi connectivity index (χ1n) is 12.0. The van der Waals surface area contributed by atoms with E-state index < -0.39 is 6.04 Å². The zero-order chi connectivity index (χ0) is 25.8. The van der Waals surface area contributed by atoms with Crippen LogP contribution < -0.4 is 4.74 Å². The van der Waals surface area contributed by atoms with Crippen LogP contribution in [-0.2, 0) is 6.54 Å². The second-order valence-corrected chi connectivity index (χ2v) is 9.54. The van der Waals surface area contributed by atoms with E-state index in [9.17, 15) is 18.7 Å². The number of aromatic nitrogens is 1. The summed E-state index contributed by atoms with van der Waals surface area (Å²) in [4.78, 5) is 21.7. The van der Waals surface area contributed by atoms with Gasteiger partial charge in [-0.05, 0) is 55.4 Å². The zero-order valence-corrected chi connectivity index (χ0v) is 20.7. The molecule has 0 spiro atoms. The van der Waals surface area contributed by atoms with Crippen LogP contribution in [0.15, 0.2) is 60.8 Å². The molecule has 2 heterocycles. The molecule has 4 rings (SSSR count). The van der Waals surface area contributed by atoms with Gasteiger partial charge in [0, 0.05) is 37.3 Å². The molecule has 3 aromatic rings. The molecule has 1 amide bonds. The molecule has 0 radical (unpaired) electrons. The van der Waals surface area contributed by atoms with Crippen molar-refractivity contribution in [1.82, 2.24) is 14.8 Å². The Morgan fingerprint density at radius 2 is 1.86 bits per heavy atom. The second-order valence-electron chi connectivity index (χ2n) is 9.54. The van der Waals surface area contributed by atoms with Crippen molar-refractivity contribution in [2.24, 2.45) is 5.92 Å². The minimum atomic E-state index is -0.408. The van der Waals surface area contributed by atoms with Crippen LogP contribution in [0.5, 0.6) is 5.88 Å². The molecule has 0 aliphatic carbocycles. The molecule has 2 aromatic carbocycles. The van der Waals surface area contributed by atoms with E-state index in [1.807, 2.05) is 24.9 Å². The van der Waals surface area contributed by atoms with Crippen LogP contribution >= 0.6 is 0 Å². The number of pyridine rings is 1. The lowest BCUT2D eigenvalue weighted by Gasteiger charge is -2.37. The molecular weight excluding hydrogens is 464 g/mol. The zero-order valence-electron chi connectivity index (χ0n) is 20.7. The summed E-state index contributed by atoms with van der Waals surface area (Å²) in [6.45, 7) is 5.02. The van der Waals surface area contributed by atoms with E-state index in [-0.39, 0.29) is 47.6 Å². The molecule has 3 atom stereocenters. The Bertz CT molecular complexity index is 1220. The van der Waals surface area contributed by atoms with Gasteiger partial charge in [-0.15, -0.1) is 0 Å². The Balaban J connectivity index is 1.65. The highest BCUT2D eigenvalue weighted by molar-refractivity contribution is 5.98. The van der Waals surface area contributed by atoms with Gasteiger partial charge >= 0.3 is 0 Å². The third-order valence-electron chi connectivity index (χ3n) is 6.51. The fourth-order valence-electron chi connectivity index (χ4n) is 4.46. The number of rotatable bonds is 7. The van der Waals surface area contributed by atoms with Crippen LogP contribution in [0, 0.1) is 17.6 Å². The lowest BCUT2D eigenvalue weighted by molar-refractivity contribution is 0.0325. The van der Waals surface area contributed by atoms with Gasteiger partial charge in [-0.3, -0.25) is 9.69 Å². The molecule has 190 valence electrons. The Morgan fingerprint density at radius 3 is 2.56 bits per heavy atom. The predicted octanol–water partition coefficient (Wildman–Crippen LogP) is 4.38. The van der Waals surface area contributed by atoms with Gasteiger partial charge < -0.3 is 14.7 Å². The Labute approximate surface area is 210 Å². The minimum absolute atomic E-state index is 0.0734. The summed E-state index contributed by atoms with van der Waals surface area (Å²) < 4.78 is 33.8. The number of aliphatic hydroxyl groups excluding tert-OH is 1. The van der Waals surface area contributed by atoms with Crippen molar-refractivity contribution in [3.8, 4) is 17.0 Å². The lowest BCUT2D eigenvalue weighted by atomic mass is 9.99. The van der Waals surface area contributed by atoms with Crippen molar-refractivity contribution in [3.63, 3.8) is 0 Å². The maximum absolute atomic E-state index is 13.8. The van der Waals surface area contributed by atoms with Crippen LogP contribution in [0.1, 0.15) is 29.8 Å². The molecule has 0 fully saturated rings. The number of hydrogen-bond donors (Lipinski definition) is 1. The first-order valence-corrected chi connectivity index (χ1v) is 12.0. The van der Waals surface area contributed by atoms with Gasteiger partial charge in [-0.2, -0.15) is 0 Å². The van der Waals surface area contributed by atoms with Gasteiger partial charge in [0.1, 0.15) is 23.3 Å².